The molecule has 0 atom stereocenters. The van der Waals surface area contributed by atoms with Crippen LogP contribution in [0.5, 0.6) is 0 Å². The molecule has 1 aromatic rings. The molecule has 1 heterocycles. The Morgan fingerprint density at radius 2 is 2.06 bits per heavy atom. The van der Waals surface area contributed by atoms with Gasteiger partial charge in [0.05, 0.1) is 0 Å². The third-order valence-corrected chi connectivity index (χ3v) is 5.93. The molecule has 0 saturated heterocycles. The molecule has 0 bridgehead atoms. The second-order valence-corrected chi connectivity index (χ2v) is 7.91. The number of hydrogen-bond donors (Lipinski definition) is 2. The summed E-state index contributed by atoms with van der Waals surface area (Å²) >= 11 is 1.20. The van der Waals surface area contributed by atoms with Crippen LogP contribution in [-0.4, -0.2) is 39.5 Å². The summed E-state index contributed by atoms with van der Waals surface area (Å²) in [6.45, 7) is 4.68. The third kappa shape index (κ3) is 3.76. The van der Waals surface area contributed by atoms with E-state index in [1.165, 1.54) is 11.3 Å². The number of thiophene rings is 1. The SMILES string of the molecule is CN(C)C(C)(C)CNS(=O)(=O)c1cc(CN)cs1. The van der Waals surface area contributed by atoms with Crippen molar-refractivity contribution in [2.75, 3.05) is 20.6 Å². The maximum Gasteiger partial charge on any atom is 0.250 e. The second kappa shape index (κ2) is 5.66. The number of nitrogens with zero attached hydrogens (tertiary/aromatic N) is 1. The van der Waals surface area contributed by atoms with E-state index in [1.807, 2.05) is 32.8 Å². The fourth-order valence-corrected chi connectivity index (χ4v) is 3.57. The van der Waals surface area contributed by atoms with Crippen molar-refractivity contribution in [2.45, 2.75) is 30.1 Å². The maximum absolute atomic E-state index is 12.1. The first-order valence-corrected chi connectivity index (χ1v) is 8.00. The van der Waals surface area contributed by atoms with Crippen LogP contribution in [0.25, 0.3) is 0 Å². The molecule has 7 heteroatoms. The highest BCUT2D eigenvalue weighted by atomic mass is 32.2. The molecule has 18 heavy (non-hydrogen) atoms. The number of nitrogens with two attached hydrogens (primary N) is 1. The van der Waals surface area contributed by atoms with Crippen molar-refractivity contribution in [1.29, 1.82) is 0 Å². The van der Waals surface area contributed by atoms with Crippen molar-refractivity contribution < 1.29 is 8.42 Å². The molecule has 3 N–H and O–H groups in total. The lowest BCUT2D eigenvalue weighted by molar-refractivity contribution is 0.199. The lowest BCUT2D eigenvalue weighted by Crippen LogP contribution is -2.48. The van der Waals surface area contributed by atoms with E-state index in [0.717, 1.165) is 5.56 Å². The molecule has 5 nitrogen and oxygen atoms in total. The van der Waals surface area contributed by atoms with Crippen molar-refractivity contribution in [2.24, 2.45) is 5.73 Å². The quantitative estimate of drug-likeness (QED) is 0.814. The van der Waals surface area contributed by atoms with Gasteiger partial charge in [-0.2, -0.15) is 0 Å². The summed E-state index contributed by atoms with van der Waals surface area (Å²) in [5.74, 6) is 0. The molecule has 1 aromatic heterocycles. The van der Waals surface area contributed by atoms with Crippen LogP contribution in [0.3, 0.4) is 0 Å². The molecule has 0 aromatic carbocycles. The van der Waals surface area contributed by atoms with Crippen LogP contribution in [0.2, 0.25) is 0 Å². The fourth-order valence-electron chi connectivity index (χ4n) is 1.10. The summed E-state index contributed by atoms with van der Waals surface area (Å²) in [7, 11) is 0.415. The van der Waals surface area contributed by atoms with Gasteiger partial charge in [-0.3, -0.25) is 0 Å². The van der Waals surface area contributed by atoms with Gasteiger partial charge in [-0.05, 0) is 45.0 Å². The highest BCUT2D eigenvalue weighted by Gasteiger charge is 2.24. The lowest BCUT2D eigenvalue weighted by Gasteiger charge is -2.32. The molecule has 0 aliphatic heterocycles. The predicted molar refractivity (Wildman–Crippen MR) is 75.2 cm³/mol. The maximum atomic E-state index is 12.1. The van der Waals surface area contributed by atoms with E-state index in [-0.39, 0.29) is 5.54 Å². The third-order valence-electron chi connectivity index (χ3n) is 3.04. The Balaban J connectivity index is 2.77. The van der Waals surface area contributed by atoms with E-state index in [9.17, 15) is 8.42 Å². The Kier molecular flexibility index (Phi) is 4.90. The Morgan fingerprint density at radius 3 is 2.50 bits per heavy atom. The summed E-state index contributed by atoms with van der Waals surface area (Å²) < 4.78 is 27.1. The molecule has 0 radical (unpaired) electrons. The van der Waals surface area contributed by atoms with E-state index >= 15 is 0 Å². The van der Waals surface area contributed by atoms with E-state index in [4.69, 9.17) is 5.73 Å². The van der Waals surface area contributed by atoms with Crippen LogP contribution in [0.4, 0.5) is 0 Å². The zero-order valence-electron chi connectivity index (χ0n) is 11.2. The Labute approximate surface area is 113 Å². The average Bonchev–Trinajstić information content (AvgIpc) is 2.75. The van der Waals surface area contributed by atoms with Crippen molar-refractivity contribution in [3.63, 3.8) is 0 Å². The van der Waals surface area contributed by atoms with Gasteiger partial charge < -0.3 is 10.6 Å². The normalized spacial score (nSPS) is 13.2. The molecular weight excluding hydrogens is 270 g/mol. The molecule has 0 aliphatic rings. The van der Waals surface area contributed by atoms with Crippen LogP contribution >= 0.6 is 11.3 Å². The Bertz CT molecular complexity index is 492. The summed E-state index contributed by atoms with van der Waals surface area (Å²) in [6, 6.07) is 1.62. The minimum Gasteiger partial charge on any atom is -0.326 e. The molecule has 0 unspecified atom stereocenters. The van der Waals surface area contributed by atoms with Crippen LogP contribution in [0.1, 0.15) is 19.4 Å². The van der Waals surface area contributed by atoms with Gasteiger partial charge >= 0.3 is 0 Å². The van der Waals surface area contributed by atoms with Gasteiger partial charge in [0.15, 0.2) is 0 Å². The van der Waals surface area contributed by atoms with E-state index in [2.05, 4.69) is 4.72 Å². The molecule has 0 spiro atoms. The van der Waals surface area contributed by atoms with Gasteiger partial charge in [0.25, 0.3) is 0 Å². The number of hydrogen-bond acceptors (Lipinski definition) is 5. The summed E-state index contributed by atoms with van der Waals surface area (Å²) in [6.07, 6.45) is 0. The zero-order valence-corrected chi connectivity index (χ0v) is 12.9. The molecule has 0 aliphatic carbocycles. The minimum atomic E-state index is -3.43. The van der Waals surface area contributed by atoms with Gasteiger partial charge in [-0.25, -0.2) is 13.1 Å². The molecule has 0 amide bonds. The van der Waals surface area contributed by atoms with Gasteiger partial charge in [-0.15, -0.1) is 11.3 Å². The average molecular weight is 291 g/mol. The second-order valence-electron chi connectivity index (χ2n) is 5.01. The first-order chi connectivity index (χ1) is 8.19. The molecular formula is C11H21N3O2S2. The van der Waals surface area contributed by atoms with E-state index in [1.54, 1.807) is 11.4 Å². The number of rotatable bonds is 6. The highest BCUT2D eigenvalue weighted by molar-refractivity contribution is 7.91. The molecule has 1 rings (SSSR count). The van der Waals surface area contributed by atoms with Crippen molar-refractivity contribution in [3.05, 3.63) is 17.0 Å². The standard InChI is InChI=1S/C11H21N3O2S2/c1-11(2,14(3)4)8-13-18(15,16)10-5-9(6-12)7-17-10/h5,7,13H,6,8,12H2,1-4H3. The highest BCUT2D eigenvalue weighted by Crippen LogP contribution is 2.20. The van der Waals surface area contributed by atoms with Crippen molar-refractivity contribution >= 4 is 21.4 Å². The largest absolute Gasteiger partial charge is 0.326 e. The molecule has 104 valence electrons. The van der Waals surface area contributed by atoms with Gasteiger partial charge in [0.1, 0.15) is 4.21 Å². The van der Waals surface area contributed by atoms with Gasteiger partial charge in [-0.1, -0.05) is 0 Å². The number of sulfonamides is 1. The number of likely N-dealkylation sites (N-methyl/N-ethyl adjacent to an activating group) is 1. The summed E-state index contributed by atoms with van der Waals surface area (Å²) in [5, 5.41) is 1.77. The van der Waals surface area contributed by atoms with Gasteiger partial charge in [0, 0.05) is 18.6 Å². The first kappa shape index (κ1) is 15.6. The van der Waals surface area contributed by atoms with Crippen molar-refractivity contribution in [3.8, 4) is 0 Å². The zero-order chi connectivity index (χ0) is 14.0. The van der Waals surface area contributed by atoms with Crippen LogP contribution < -0.4 is 10.5 Å². The molecule has 0 saturated carbocycles. The lowest BCUT2D eigenvalue weighted by atomic mass is 10.1. The Morgan fingerprint density at radius 1 is 1.44 bits per heavy atom. The molecule has 0 fully saturated rings. The minimum absolute atomic E-state index is 0.235. The predicted octanol–water partition coefficient (Wildman–Crippen LogP) is 0.825. The Hall–Kier alpha value is -0.470. The summed E-state index contributed by atoms with van der Waals surface area (Å²) in [4.78, 5) is 1.98. The monoisotopic (exact) mass is 291 g/mol. The van der Waals surface area contributed by atoms with E-state index < -0.39 is 10.0 Å². The number of nitrogens with one attached hydrogen (secondary N) is 1. The first-order valence-electron chi connectivity index (χ1n) is 5.63. The topological polar surface area (TPSA) is 75.4 Å². The van der Waals surface area contributed by atoms with Gasteiger partial charge in [0.2, 0.25) is 10.0 Å². The van der Waals surface area contributed by atoms with Crippen LogP contribution in [0, 0.1) is 0 Å². The fraction of sp³-hybridized carbons (Fsp3) is 0.636. The smallest absolute Gasteiger partial charge is 0.250 e. The van der Waals surface area contributed by atoms with E-state index in [0.29, 0.717) is 17.3 Å². The van der Waals surface area contributed by atoms with Crippen LogP contribution in [0.15, 0.2) is 15.7 Å². The summed E-state index contributed by atoms with van der Waals surface area (Å²) in [5.41, 5.74) is 6.08. The van der Waals surface area contributed by atoms with Crippen molar-refractivity contribution in [1.82, 2.24) is 9.62 Å². The van der Waals surface area contributed by atoms with Crippen LogP contribution in [-0.2, 0) is 16.6 Å².